The number of pyridine rings is 1. The number of anilines is 1. The minimum Gasteiger partial charge on any atom is -0.477 e. The SMILES string of the molecule is CCN(c1ccncc1)S(=O)(=O)c1cc(C)c(C(=O)O)s1. The van der Waals surface area contributed by atoms with Crippen molar-refractivity contribution in [2.24, 2.45) is 0 Å². The topological polar surface area (TPSA) is 87.6 Å². The molecule has 0 fully saturated rings. The van der Waals surface area contributed by atoms with Gasteiger partial charge in [-0.25, -0.2) is 13.2 Å². The molecule has 112 valence electrons. The van der Waals surface area contributed by atoms with Crippen molar-refractivity contribution in [3.63, 3.8) is 0 Å². The van der Waals surface area contributed by atoms with Crippen LogP contribution in [0.1, 0.15) is 22.2 Å². The van der Waals surface area contributed by atoms with Crippen LogP contribution in [-0.2, 0) is 10.0 Å². The summed E-state index contributed by atoms with van der Waals surface area (Å²) in [6, 6.07) is 4.59. The summed E-state index contributed by atoms with van der Waals surface area (Å²) in [5.41, 5.74) is 0.937. The number of carbonyl (C=O) groups is 1. The maximum Gasteiger partial charge on any atom is 0.346 e. The third kappa shape index (κ3) is 2.91. The Hall–Kier alpha value is -1.93. The van der Waals surface area contributed by atoms with Gasteiger partial charge in [-0.15, -0.1) is 11.3 Å². The van der Waals surface area contributed by atoms with E-state index in [-0.39, 0.29) is 15.6 Å². The molecule has 8 heteroatoms. The molecular formula is C13H14N2O4S2. The first-order chi connectivity index (χ1) is 9.87. The number of rotatable bonds is 5. The van der Waals surface area contributed by atoms with Gasteiger partial charge >= 0.3 is 5.97 Å². The van der Waals surface area contributed by atoms with Crippen LogP contribution < -0.4 is 4.31 Å². The van der Waals surface area contributed by atoms with E-state index in [4.69, 9.17) is 5.11 Å². The molecule has 0 unspecified atom stereocenters. The van der Waals surface area contributed by atoms with Crippen LogP contribution in [0.3, 0.4) is 0 Å². The molecule has 21 heavy (non-hydrogen) atoms. The number of carboxylic acids is 1. The summed E-state index contributed by atoms with van der Waals surface area (Å²) >= 11 is 0.768. The van der Waals surface area contributed by atoms with Crippen LogP contribution in [0.5, 0.6) is 0 Å². The Labute approximate surface area is 126 Å². The van der Waals surface area contributed by atoms with Crippen molar-refractivity contribution >= 4 is 33.0 Å². The van der Waals surface area contributed by atoms with E-state index < -0.39 is 16.0 Å². The average molecular weight is 326 g/mol. The fraction of sp³-hybridized carbons (Fsp3) is 0.231. The van der Waals surface area contributed by atoms with Crippen molar-refractivity contribution < 1.29 is 18.3 Å². The molecule has 2 aromatic heterocycles. The molecule has 1 N–H and O–H groups in total. The molecule has 6 nitrogen and oxygen atoms in total. The lowest BCUT2D eigenvalue weighted by Gasteiger charge is -2.21. The number of aryl methyl sites for hydroxylation is 1. The molecule has 0 aliphatic carbocycles. The molecule has 0 saturated carbocycles. The summed E-state index contributed by atoms with van der Waals surface area (Å²) in [5.74, 6) is -1.12. The van der Waals surface area contributed by atoms with Crippen molar-refractivity contribution in [1.82, 2.24) is 4.98 Å². The predicted octanol–water partition coefficient (Wildman–Crippen LogP) is 2.36. The lowest BCUT2D eigenvalue weighted by atomic mass is 10.3. The number of hydrogen-bond donors (Lipinski definition) is 1. The zero-order valence-electron chi connectivity index (χ0n) is 11.5. The zero-order valence-corrected chi connectivity index (χ0v) is 13.1. The number of hydrogen-bond acceptors (Lipinski definition) is 5. The van der Waals surface area contributed by atoms with Gasteiger partial charge in [-0.2, -0.15) is 0 Å². The smallest absolute Gasteiger partial charge is 0.346 e. The van der Waals surface area contributed by atoms with E-state index in [1.54, 1.807) is 26.0 Å². The molecule has 0 aliphatic heterocycles. The van der Waals surface area contributed by atoms with E-state index >= 15 is 0 Å². The number of aromatic nitrogens is 1. The highest BCUT2D eigenvalue weighted by Crippen LogP contribution is 2.30. The number of aromatic carboxylic acids is 1. The summed E-state index contributed by atoms with van der Waals surface area (Å²) in [4.78, 5) is 15.0. The van der Waals surface area contributed by atoms with Gasteiger partial charge in [0.05, 0.1) is 5.69 Å². The van der Waals surface area contributed by atoms with Gasteiger partial charge in [0.25, 0.3) is 10.0 Å². The molecule has 0 aliphatic rings. The molecule has 2 aromatic rings. The normalized spacial score (nSPS) is 11.3. The van der Waals surface area contributed by atoms with Gasteiger partial charge in [0.2, 0.25) is 0 Å². The van der Waals surface area contributed by atoms with Crippen LogP contribution >= 0.6 is 11.3 Å². The van der Waals surface area contributed by atoms with Gasteiger partial charge in [-0.1, -0.05) is 0 Å². The van der Waals surface area contributed by atoms with Crippen molar-refractivity contribution in [3.8, 4) is 0 Å². The first-order valence-corrected chi connectivity index (χ1v) is 8.40. The van der Waals surface area contributed by atoms with Crippen LogP contribution in [0, 0.1) is 6.92 Å². The van der Waals surface area contributed by atoms with Crippen LogP contribution in [0.25, 0.3) is 0 Å². The summed E-state index contributed by atoms with van der Waals surface area (Å²) < 4.78 is 26.6. The van der Waals surface area contributed by atoms with Gasteiger partial charge in [-0.05, 0) is 37.6 Å². The minimum absolute atomic E-state index is 0.0241. The van der Waals surface area contributed by atoms with Gasteiger partial charge in [0, 0.05) is 18.9 Å². The van der Waals surface area contributed by atoms with Crippen LogP contribution in [0.15, 0.2) is 34.8 Å². The highest BCUT2D eigenvalue weighted by atomic mass is 32.2. The molecule has 0 spiro atoms. The molecule has 0 aromatic carbocycles. The Kier molecular flexibility index (Phi) is 4.29. The van der Waals surface area contributed by atoms with E-state index in [9.17, 15) is 13.2 Å². The summed E-state index contributed by atoms with van der Waals surface area (Å²) in [6.45, 7) is 3.55. The molecule has 0 saturated heterocycles. The lowest BCUT2D eigenvalue weighted by Crippen LogP contribution is -2.30. The van der Waals surface area contributed by atoms with E-state index in [0.29, 0.717) is 11.3 Å². The first-order valence-electron chi connectivity index (χ1n) is 6.14. The van der Waals surface area contributed by atoms with E-state index in [2.05, 4.69) is 4.98 Å². The molecule has 0 radical (unpaired) electrons. The van der Waals surface area contributed by atoms with Crippen LogP contribution in [-0.4, -0.2) is 31.0 Å². The Balaban J connectivity index is 2.50. The number of thiophene rings is 1. The molecule has 0 atom stereocenters. The predicted molar refractivity (Wildman–Crippen MR) is 80.5 cm³/mol. The van der Waals surface area contributed by atoms with Crippen molar-refractivity contribution in [2.75, 3.05) is 10.8 Å². The molecule has 0 bridgehead atoms. The largest absolute Gasteiger partial charge is 0.477 e. The number of sulfonamides is 1. The number of nitrogens with zero attached hydrogens (tertiary/aromatic N) is 2. The fourth-order valence-electron chi connectivity index (χ4n) is 1.90. The molecule has 2 heterocycles. The quantitative estimate of drug-likeness (QED) is 0.911. The highest BCUT2D eigenvalue weighted by molar-refractivity contribution is 7.94. The summed E-state index contributed by atoms with van der Waals surface area (Å²) in [6.07, 6.45) is 3.02. The Morgan fingerprint density at radius 1 is 1.38 bits per heavy atom. The second kappa shape index (κ2) is 5.82. The zero-order chi connectivity index (χ0) is 15.6. The maximum absolute atomic E-state index is 12.7. The maximum atomic E-state index is 12.7. The lowest BCUT2D eigenvalue weighted by molar-refractivity contribution is 0.0701. The average Bonchev–Trinajstić information content (AvgIpc) is 2.83. The van der Waals surface area contributed by atoms with Gasteiger partial charge in [-0.3, -0.25) is 9.29 Å². The standard InChI is InChI=1S/C13H14N2O4S2/c1-3-15(10-4-6-14-7-5-10)21(18,19)11-8-9(2)12(20-11)13(16)17/h4-8H,3H2,1-2H3,(H,16,17). The van der Waals surface area contributed by atoms with Crippen LogP contribution in [0.4, 0.5) is 5.69 Å². The summed E-state index contributed by atoms with van der Waals surface area (Å²) in [7, 11) is -3.78. The Bertz CT molecular complexity index is 754. The minimum atomic E-state index is -3.78. The second-order valence-corrected chi connectivity index (χ2v) is 7.40. The van der Waals surface area contributed by atoms with Crippen LogP contribution in [0.2, 0.25) is 0 Å². The summed E-state index contributed by atoms with van der Waals surface area (Å²) in [5, 5.41) is 9.05. The van der Waals surface area contributed by atoms with Crippen molar-refractivity contribution in [1.29, 1.82) is 0 Å². The van der Waals surface area contributed by atoms with E-state index in [1.807, 2.05) is 0 Å². The number of carboxylic acid groups (broad SMARTS) is 1. The third-order valence-electron chi connectivity index (χ3n) is 2.87. The third-order valence-corrected chi connectivity index (χ3v) is 6.45. The second-order valence-electron chi connectivity index (χ2n) is 4.26. The molecular weight excluding hydrogens is 312 g/mol. The monoisotopic (exact) mass is 326 g/mol. The molecule has 2 rings (SSSR count). The fourth-order valence-corrected chi connectivity index (χ4v) is 4.87. The Morgan fingerprint density at radius 2 is 2.00 bits per heavy atom. The van der Waals surface area contributed by atoms with Crippen molar-refractivity contribution in [3.05, 3.63) is 41.0 Å². The van der Waals surface area contributed by atoms with E-state index in [1.165, 1.54) is 22.8 Å². The molecule has 0 amide bonds. The van der Waals surface area contributed by atoms with E-state index in [0.717, 1.165) is 11.3 Å². The van der Waals surface area contributed by atoms with Gasteiger partial charge in [0.15, 0.2) is 0 Å². The van der Waals surface area contributed by atoms with Gasteiger partial charge < -0.3 is 5.11 Å². The van der Waals surface area contributed by atoms with Gasteiger partial charge in [0.1, 0.15) is 9.09 Å². The van der Waals surface area contributed by atoms with Crippen molar-refractivity contribution in [2.45, 2.75) is 18.1 Å². The highest BCUT2D eigenvalue weighted by Gasteiger charge is 2.27. The Morgan fingerprint density at radius 3 is 2.48 bits per heavy atom. The first kappa shape index (κ1) is 15.5.